The molecule has 3 N–H and O–H groups in total. The summed E-state index contributed by atoms with van der Waals surface area (Å²) in [6.45, 7) is 8.20. The van der Waals surface area contributed by atoms with E-state index in [1.165, 1.54) is 0 Å². The van der Waals surface area contributed by atoms with Gasteiger partial charge in [0.1, 0.15) is 0 Å². The molecule has 0 spiro atoms. The van der Waals surface area contributed by atoms with Gasteiger partial charge in [-0.05, 0) is 51.0 Å². The number of likely N-dealkylation sites (N-methyl/N-ethyl adjacent to an activating group) is 1. The van der Waals surface area contributed by atoms with Gasteiger partial charge in [-0.15, -0.1) is 0 Å². The number of hydrogen-bond acceptors (Lipinski definition) is 2. The van der Waals surface area contributed by atoms with Crippen molar-refractivity contribution in [1.29, 1.82) is 0 Å². The van der Waals surface area contributed by atoms with E-state index in [0.29, 0.717) is 0 Å². The molecule has 5 heteroatoms. The largest absolute Gasteiger partial charge is 0.321 e. The molecule has 3 rings (SSSR count). The zero-order valence-electron chi connectivity index (χ0n) is 19.5. The highest BCUT2D eigenvalue weighted by Crippen LogP contribution is 2.21. The van der Waals surface area contributed by atoms with Crippen LogP contribution in [0.2, 0.25) is 0 Å². The fourth-order valence-electron chi connectivity index (χ4n) is 4.07. The minimum absolute atomic E-state index is 0.123. The van der Waals surface area contributed by atoms with Crippen molar-refractivity contribution in [2.75, 3.05) is 24.2 Å². The van der Waals surface area contributed by atoms with Crippen LogP contribution in [0.1, 0.15) is 33.9 Å². The van der Waals surface area contributed by atoms with Crippen molar-refractivity contribution in [2.45, 2.75) is 33.7 Å². The highest BCUT2D eigenvalue weighted by atomic mass is 16.2. The summed E-state index contributed by atoms with van der Waals surface area (Å²) in [6.07, 6.45) is 0. The molecule has 0 fully saturated rings. The Labute approximate surface area is 190 Å². The van der Waals surface area contributed by atoms with E-state index in [4.69, 9.17) is 0 Å². The van der Waals surface area contributed by atoms with E-state index >= 15 is 0 Å². The van der Waals surface area contributed by atoms with Crippen molar-refractivity contribution >= 4 is 23.2 Å². The average molecular weight is 431 g/mol. The summed E-state index contributed by atoms with van der Waals surface area (Å²) in [5, 5.41) is 6.05. The van der Waals surface area contributed by atoms with E-state index < -0.39 is 6.04 Å². The van der Waals surface area contributed by atoms with Gasteiger partial charge in [0.05, 0.1) is 7.05 Å². The Morgan fingerprint density at radius 3 is 2.00 bits per heavy atom. The monoisotopic (exact) mass is 430 g/mol. The molecule has 0 aliphatic carbocycles. The van der Waals surface area contributed by atoms with Gasteiger partial charge in [0, 0.05) is 16.9 Å². The molecule has 5 nitrogen and oxygen atoms in total. The first-order valence-electron chi connectivity index (χ1n) is 10.9. The zero-order valence-corrected chi connectivity index (χ0v) is 19.5. The molecule has 0 aliphatic rings. The number of nitrogens with one attached hydrogen (secondary N) is 3. The van der Waals surface area contributed by atoms with Crippen LogP contribution in [0.25, 0.3) is 0 Å². The Kier molecular flexibility index (Phi) is 7.44. The summed E-state index contributed by atoms with van der Waals surface area (Å²) in [6, 6.07) is 20.9. The minimum Gasteiger partial charge on any atom is -0.321 e. The van der Waals surface area contributed by atoms with Crippen LogP contribution in [-0.2, 0) is 9.59 Å². The molecule has 0 radical (unpaired) electrons. The summed E-state index contributed by atoms with van der Waals surface area (Å²) < 4.78 is 0. The van der Waals surface area contributed by atoms with Gasteiger partial charge in [-0.3, -0.25) is 9.59 Å². The van der Waals surface area contributed by atoms with E-state index in [-0.39, 0.29) is 18.4 Å². The average Bonchev–Trinajstić information content (AvgIpc) is 2.73. The summed E-state index contributed by atoms with van der Waals surface area (Å²) in [5.41, 5.74) is 6.81. The fourth-order valence-corrected chi connectivity index (χ4v) is 4.07. The summed E-state index contributed by atoms with van der Waals surface area (Å²) in [7, 11) is 1.88. The Hall–Kier alpha value is -3.44. The first-order chi connectivity index (χ1) is 15.2. The molecule has 1 unspecified atom stereocenters. The predicted molar refractivity (Wildman–Crippen MR) is 130 cm³/mol. The molecule has 2 atom stereocenters. The predicted octanol–water partition coefficient (Wildman–Crippen LogP) is 3.75. The molecule has 0 aromatic heterocycles. The molecule has 2 amide bonds. The van der Waals surface area contributed by atoms with Crippen LogP contribution in [0.4, 0.5) is 11.4 Å². The quantitative estimate of drug-likeness (QED) is 0.535. The SMILES string of the molecule is Cc1ccc(NC(=O)[C@@H](c2ccccc2)[NH+](C)CC(=O)Nc2c(C)cc(C)cc2C)cc1. The molecule has 166 valence electrons. The van der Waals surface area contributed by atoms with Crippen LogP contribution < -0.4 is 15.5 Å². The van der Waals surface area contributed by atoms with Crippen LogP contribution in [0.5, 0.6) is 0 Å². The molecule has 0 saturated heterocycles. The Morgan fingerprint density at radius 1 is 0.812 bits per heavy atom. The van der Waals surface area contributed by atoms with E-state index in [0.717, 1.165) is 44.1 Å². The van der Waals surface area contributed by atoms with Crippen molar-refractivity contribution in [1.82, 2.24) is 0 Å². The van der Waals surface area contributed by atoms with Gasteiger partial charge in [-0.2, -0.15) is 0 Å². The first kappa shape index (κ1) is 23.2. The maximum atomic E-state index is 13.3. The van der Waals surface area contributed by atoms with Crippen LogP contribution in [-0.4, -0.2) is 25.4 Å². The number of anilines is 2. The zero-order chi connectivity index (χ0) is 23.3. The number of hydrogen-bond donors (Lipinski definition) is 3. The molecular formula is C27H32N3O2+. The normalized spacial score (nSPS) is 12.7. The van der Waals surface area contributed by atoms with Gasteiger partial charge in [0.25, 0.3) is 11.8 Å². The lowest BCUT2D eigenvalue weighted by atomic mass is 10.0. The molecule has 3 aromatic carbocycles. The Bertz CT molecular complexity index is 1070. The topological polar surface area (TPSA) is 62.6 Å². The van der Waals surface area contributed by atoms with Crippen molar-refractivity contribution < 1.29 is 14.5 Å². The summed E-state index contributed by atoms with van der Waals surface area (Å²) >= 11 is 0. The number of benzene rings is 3. The van der Waals surface area contributed by atoms with Gasteiger partial charge in [0.2, 0.25) is 0 Å². The lowest BCUT2D eigenvalue weighted by Crippen LogP contribution is -3.11. The molecule has 0 heterocycles. The van der Waals surface area contributed by atoms with Crippen LogP contribution in [0.15, 0.2) is 66.7 Å². The smallest absolute Gasteiger partial charge is 0.287 e. The minimum atomic E-state index is -0.525. The summed E-state index contributed by atoms with van der Waals surface area (Å²) in [5.74, 6) is -0.269. The van der Waals surface area contributed by atoms with E-state index in [2.05, 4.69) is 22.8 Å². The molecular weight excluding hydrogens is 398 g/mol. The number of carbonyl (C=O) groups excluding carboxylic acids is 2. The third-order valence-corrected chi connectivity index (χ3v) is 5.59. The van der Waals surface area contributed by atoms with Gasteiger partial charge in [-0.1, -0.05) is 65.7 Å². The maximum Gasteiger partial charge on any atom is 0.287 e. The van der Waals surface area contributed by atoms with Crippen molar-refractivity contribution in [3.63, 3.8) is 0 Å². The number of quaternary nitrogens is 1. The Morgan fingerprint density at radius 2 is 1.41 bits per heavy atom. The third-order valence-electron chi connectivity index (χ3n) is 5.59. The molecule has 32 heavy (non-hydrogen) atoms. The highest BCUT2D eigenvalue weighted by Gasteiger charge is 2.30. The van der Waals surface area contributed by atoms with Crippen LogP contribution in [0.3, 0.4) is 0 Å². The summed E-state index contributed by atoms with van der Waals surface area (Å²) in [4.78, 5) is 27.0. The molecule has 0 saturated carbocycles. The highest BCUT2D eigenvalue weighted by molar-refractivity contribution is 5.95. The lowest BCUT2D eigenvalue weighted by molar-refractivity contribution is -0.893. The first-order valence-corrected chi connectivity index (χ1v) is 10.9. The second-order valence-corrected chi connectivity index (χ2v) is 8.54. The van der Waals surface area contributed by atoms with Gasteiger partial charge in [-0.25, -0.2) is 0 Å². The fraction of sp³-hybridized carbons (Fsp3) is 0.259. The van der Waals surface area contributed by atoms with Gasteiger partial charge in [0.15, 0.2) is 12.6 Å². The maximum absolute atomic E-state index is 13.3. The van der Waals surface area contributed by atoms with Crippen LogP contribution >= 0.6 is 0 Å². The van der Waals surface area contributed by atoms with Crippen molar-refractivity contribution in [2.24, 2.45) is 0 Å². The standard InChI is InChI=1S/C27H31N3O2/c1-18-11-13-23(14-12-18)28-27(32)26(22-9-7-6-8-10-22)30(5)17-24(31)29-25-20(3)15-19(2)16-21(25)4/h6-16,26H,17H2,1-5H3,(H,28,32)(H,29,31)/p+1/t26-/m1/s1. The molecule has 0 bridgehead atoms. The van der Waals surface area contributed by atoms with E-state index in [1.807, 2.05) is 89.3 Å². The number of amides is 2. The van der Waals surface area contributed by atoms with E-state index in [9.17, 15) is 9.59 Å². The third kappa shape index (κ3) is 5.83. The second kappa shape index (κ2) is 10.2. The van der Waals surface area contributed by atoms with Gasteiger partial charge < -0.3 is 15.5 Å². The number of aryl methyl sites for hydroxylation is 4. The number of carbonyl (C=O) groups is 2. The molecule has 3 aromatic rings. The second-order valence-electron chi connectivity index (χ2n) is 8.54. The van der Waals surface area contributed by atoms with E-state index in [1.54, 1.807) is 0 Å². The number of rotatable bonds is 7. The van der Waals surface area contributed by atoms with Crippen molar-refractivity contribution in [3.05, 3.63) is 94.5 Å². The van der Waals surface area contributed by atoms with Crippen LogP contribution in [0, 0.1) is 27.7 Å². The van der Waals surface area contributed by atoms with Crippen molar-refractivity contribution in [3.8, 4) is 0 Å². The lowest BCUT2D eigenvalue weighted by Gasteiger charge is -2.24. The Balaban J connectivity index is 1.78. The molecule has 0 aliphatic heterocycles. The van der Waals surface area contributed by atoms with Gasteiger partial charge >= 0.3 is 0 Å².